The molecule has 2 N–H and O–H groups in total. The molecule has 1 aromatic heterocycles. The molecule has 0 amide bonds. The molecule has 116 valence electrons. The minimum Gasteiger partial charge on any atom is -0.486 e. The highest BCUT2D eigenvalue weighted by Crippen LogP contribution is 2.31. The van der Waals surface area contributed by atoms with E-state index in [0.717, 1.165) is 29.6 Å². The van der Waals surface area contributed by atoms with Crippen molar-refractivity contribution in [3.05, 3.63) is 36.0 Å². The molecule has 22 heavy (non-hydrogen) atoms. The first-order chi connectivity index (χ1) is 10.7. The number of nitrogens with zero attached hydrogens (tertiary/aromatic N) is 3. The van der Waals surface area contributed by atoms with Gasteiger partial charge in [-0.15, -0.1) is 0 Å². The molecular weight excluding hydrogens is 280 g/mol. The van der Waals surface area contributed by atoms with Crippen molar-refractivity contribution < 1.29 is 9.47 Å². The fraction of sp³-hybridized carbons (Fsp3) is 0.375. The van der Waals surface area contributed by atoms with Crippen molar-refractivity contribution in [3.8, 4) is 11.5 Å². The van der Waals surface area contributed by atoms with Gasteiger partial charge in [-0.1, -0.05) is 12.1 Å². The van der Waals surface area contributed by atoms with Crippen molar-refractivity contribution in [1.82, 2.24) is 9.97 Å². The fourth-order valence-corrected chi connectivity index (χ4v) is 2.52. The highest BCUT2D eigenvalue weighted by Gasteiger charge is 2.23. The SMILES string of the molecule is CCN(CC1COc2ccccc2O1)c1cc(C)nc(N)n1. The van der Waals surface area contributed by atoms with Gasteiger partial charge >= 0.3 is 0 Å². The predicted octanol–water partition coefficient (Wildman–Crippen LogP) is 2.03. The molecule has 2 heterocycles. The summed E-state index contributed by atoms with van der Waals surface area (Å²) in [7, 11) is 0. The van der Waals surface area contributed by atoms with Gasteiger partial charge in [0.1, 0.15) is 12.4 Å². The maximum Gasteiger partial charge on any atom is 0.222 e. The highest BCUT2D eigenvalue weighted by atomic mass is 16.6. The molecule has 0 saturated heterocycles. The summed E-state index contributed by atoms with van der Waals surface area (Å²) < 4.78 is 11.8. The van der Waals surface area contributed by atoms with Gasteiger partial charge in [-0.05, 0) is 26.0 Å². The zero-order valence-electron chi connectivity index (χ0n) is 12.8. The summed E-state index contributed by atoms with van der Waals surface area (Å²) in [6, 6.07) is 9.64. The summed E-state index contributed by atoms with van der Waals surface area (Å²) in [4.78, 5) is 10.5. The smallest absolute Gasteiger partial charge is 0.222 e. The van der Waals surface area contributed by atoms with Crippen molar-refractivity contribution in [2.24, 2.45) is 0 Å². The van der Waals surface area contributed by atoms with Crippen LogP contribution in [0.1, 0.15) is 12.6 Å². The molecule has 2 aromatic rings. The molecule has 6 nitrogen and oxygen atoms in total. The molecule has 0 radical (unpaired) electrons. The minimum atomic E-state index is -0.0497. The third-order valence-electron chi connectivity index (χ3n) is 3.56. The Labute approximate surface area is 129 Å². The molecule has 1 aliphatic heterocycles. The van der Waals surface area contributed by atoms with E-state index in [9.17, 15) is 0 Å². The number of nitrogen functional groups attached to an aromatic ring is 1. The van der Waals surface area contributed by atoms with Crippen LogP contribution in [0.3, 0.4) is 0 Å². The number of fused-ring (bicyclic) bond motifs is 1. The summed E-state index contributed by atoms with van der Waals surface area (Å²) in [5.74, 6) is 2.69. The number of ether oxygens (including phenoxy) is 2. The van der Waals surface area contributed by atoms with E-state index in [2.05, 4.69) is 21.8 Å². The van der Waals surface area contributed by atoms with Crippen molar-refractivity contribution in [3.63, 3.8) is 0 Å². The molecule has 1 aromatic carbocycles. The molecule has 3 rings (SSSR count). The number of anilines is 2. The Hall–Kier alpha value is -2.50. The highest BCUT2D eigenvalue weighted by molar-refractivity contribution is 5.44. The normalized spacial score (nSPS) is 16.4. The molecule has 0 spiro atoms. The number of nitrogens with two attached hydrogens (primary N) is 1. The zero-order chi connectivity index (χ0) is 15.5. The standard InChI is InChI=1S/C16H20N4O2/c1-3-20(15-8-11(2)18-16(17)19-15)9-12-10-21-13-6-4-5-7-14(13)22-12/h4-8,12H,3,9-10H2,1-2H3,(H2,17,18,19). The molecule has 1 aliphatic rings. The van der Waals surface area contributed by atoms with Gasteiger partial charge in [0.15, 0.2) is 17.6 Å². The van der Waals surface area contributed by atoms with Crippen LogP contribution in [0.15, 0.2) is 30.3 Å². The van der Waals surface area contributed by atoms with E-state index >= 15 is 0 Å². The summed E-state index contributed by atoms with van der Waals surface area (Å²) in [6.07, 6.45) is -0.0497. The Morgan fingerprint density at radius 3 is 2.77 bits per heavy atom. The van der Waals surface area contributed by atoms with Gasteiger partial charge in [-0.2, -0.15) is 4.98 Å². The number of aryl methyl sites for hydroxylation is 1. The van der Waals surface area contributed by atoms with E-state index in [4.69, 9.17) is 15.2 Å². The van der Waals surface area contributed by atoms with E-state index in [-0.39, 0.29) is 6.10 Å². The number of hydrogen-bond acceptors (Lipinski definition) is 6. The predicted molar refractivity (Wildman–Crippen MR) is 85.4 cm³/mol. The lowest BCUT2D eigenvalue weighted by atomic mass is 10.2. The average Bonchev–Trinajstić information content (AvgIpc) is 2.51. The third kappa shape index (κ3) is 3.05. The summed E-state index contributed by atoms with van der Waals surface area (Å²) in [5.41, 5.74) is 6.60. The van der Waals surface area contributed by atoms with Gasteiger partial charge in [0.05, 0.1) is 6.54 Å². The van der Waals surface area contributed by atoms with Crippen molar-refractivity contribution in [2.45, 2.75) is 20.0 Å². The zero-order valence-corrected chi connectivity index (χ0v) is 12.8. The van der Waals surface area contributed by atoms with Crippen LogP contribution in [-0.2, 0) is 0 Å². The third-order valence-corrected chi connectivity index (χ3v) is 3.56. The number of para-hydroxylation sites is 2. The van der Waals surface area contributed by atoms with Gasteiger partial charge in [-0.3, -0.25) is 0 Å². The number of rotatable bonds is 4. The van der Waals surface area contributed by atoms with Gasteiger partial charge < -0.3 is 20.1 Å². The number of hydrogen-bond donors (Lipinski definition) is 1. The van der Waals surface area contributed by atoms with Crippen LogP contribution >= 0.6 is 0 Å². The van der Waals surface area contributed by atoms with Crippen LogP contribution in [0.25, 0.3) is 0 Å². The summed E-state index contributed by atoms with van der Waals surface area (Å²) in [6.45, 7) is 5.99. The second kappa shape index (κ2) is 6.09. The lowest BCUT2D eigenvalue weighted by Gasteiger charge is -2.31. The number of likely N-dealkylation sites (N-methyl/N-ethyl adjacent to an activating group) is 1. The second-order valence-corrected chi connectivity index (χ2v) is 5.26. The topological polar surface area (TPSA) is 73.5 Å². The van der Waals surface area contributed by atoms with Crippen molar-refractivity contribution in [2.75, 3.05) is 30.3 Å². The van der Waals surface area contributed by atoms with E-state index in [1.165, 1.54) is 0 Å². The Morgan fingerprint density at radius 2 is 2.05 bits per heavy atom. The maximum atomic E-state index is 6.00. The molecule has 0 fully saturated rings. The van der Waals surface area contributed by atoms with Crippen LogP contribution in [-0.4, -0.2) is 35.8 Å². The van der Waals surface area contributed by atoms with Crippen molar-refractivity contribution >= 4 is 11.8 Å². The molecule has 1 atom stereocenters. The van der Waals surface area contributed by atoms with Crippen LogP contribution in [0.4, 0.5) is 11.8 Å². The Bertz CT molecular complexity index is 642. The number of benzene rings is 1. The fourth-order valence-electron chi connectivity index (χ4n) is 2.52. The largest absolute Gasteiger partial charge is 0.486 e. The van der Waals surface area contributed by atoms with Crippen molar-refractivity contribution in [1.29, 1.82) is 0 Å². The molecule has 0 bridgehead atoms. The maximum absolute atomic E-state index is 6.00. The molecule has 1 unspecified atom stereocenters. The van der Waals surface area contributed by atoms with E-state index < -0.39 is 0 Å². The van der Waals surface area contributed by atoms with Gasteiger partial charge in [0.2, 0.25) is 5.95 Å². The molecule has 0 aliphatic carbocycles. The lowest BCUT2D eigenvalue weighted by Crippen LogP contribution is -2.41. The van der Waals surface area contributed by atoms with E-state index in [1.54, 1.807) is 0 Å². The van der Waals surface area contributed by atoms with E-state index in [0.29, 0.717) is 19.1 Å². The molecular formula is C16H20N4O2. The Kier molecular flexibility index (Phi) is 4.00. The Morgan fingerprint density at radius 1 is 1.27 bits per heavy atom. The summed E-state index contributed by atoms with van der Waals surface area (Å²) in [5, 5.41) is 0. The van der Waals surface area contributed by atoms with Gasteiger partial charge in [0, 0.05) is 18.3 Å². The van der Waals surface area contributed by atoms with Crippen LogP contribution in [0.2, 0.25) is 0 Å². The second-order valence-electron chi connectivity index (χ2n) is 5.26. The number of aromatic nitrogens is 2. The van der Waals surface area contributed by atoms with Crippen LogP contribution in [0, 0.1) is 6.92 Å². The molecule has 0 saturated carbocycles. The first-order valence-corrected chi connectivity index (χ1v) is 7.40. The average molecular weight is 300 g/mol. The molecule has 6 heteroatoms. The van der Waals surface area contributed by atoms with Gasteiger partial charge in [-0.25, -0.2) is 4.98 Å². The lowest BCUT2D eigenvalue weighted by molar-refractivity contribution is 0.0953. The van der Waals surface area contributed by atoms with Crippen LogP contribution < -0.4 is 20.1 Å². The van der Waals surface area contributed by atoms with E-state index in [1.807, 2.05) is 37.3 Å². The van der Waals surface area contributed by atoms with Crippen LogP contribution in [0.5, 0.6) is 11.5 Å². The monoisotopic (exact) mass is 300 g/mol. The summed E-state index contributed by atoms with van der Waals surface area (Å²) >= 11 is 0. The Balaban J connectivity index is 1.74. The first kappa shape index (κ1) is 14.4. The quantitative estimate of drug-likeness (QED) is 0.931. The minimum absolute atomic E-state index is 0.0497. The van der Waals surface area contributed by atoms with Gasteiger partial charge in [0.25, 0.3) is 0 Å². The first-order valence-electron chi connectivity index (χ1n) is 7.40.